The molecule has 0 spiro atoms. The molecule has 0 aliphatic carbocycles. The van der Waals surface area contributed by atoms with Crippen molar-refractivity contribution in [1.82, 2.24) is 4.31 Å². The van der Waals surface area contributed by atoms with Crippen LogP contribution < -0.4 is 0 Å². The van der Waals surface area contributed by atoms with Crippen molar-refractivity contribution in [2.75, 3.05) is 13.2 Å². The van der Waals surface area contributed by atoms with E-state index in [0.717, 1.165) is 36.2 Å². The summed E-state index contributed by atoms with van der Waals surface area (Å²) < 4.78 is 27.6. The summed E-state index contributed by atoms with van der Waals surface area (Å²) >= 11 is 7.08. The van der Waals surface area contributed by atoms with Crippen molar-refractivity contribution in [2.24, 2.45) is 0 Å². The van der Waals surface area contributed by atoms with Crippen LogP contribution in [0.25, 0.3) is 0 Å². The molecule has 0 bridgehead atoms. The number of hydrogen-bond acceptors (Lipinski definition) is 4. The molecule has 7 heteroatoms. The molecule has 1 aromatic rings. The van der Waals surface area contributed by atoms with E-state index in [1.807, 2.05) is 0 Å². The topological polar surface area (TPSA) is 57.6 Å². The Morgan fingerprint density at radius 1 is 1.53 bits per heavy atom. The van der Waals surface area contributed by atoms with Gasteiger partial charge in [-0.3, -0.25) is 0 Å². The monoisotopic (exact) mass is 323 g/mol. The molecule has 4 nitrogen and oxygen atoms in total. The van der Waals surface area contributed by atoms with Gasteiger partial charge in [-0.05, 0) is 37.8 Å². The van der Waals surface area contributed by atoms with Crippen LogP contribution in [-0.2, 0) is 10.0 Å². The maximum atomic E-state index is 12.6. The summed E-state index contributed by atoms with van der Waals surface area (Å²) in [5.41, 5.74) is 0.793. The molecule has 0 amide bonds. The highest BCUT2D eigenvalue weighted by atomic mass is 35.5. The Labute approximate surface area is 123 Å². The van der Waals surface area contributed by atoms with Crippen molar-refractivity contribution in [2.45, 2.75) is 42.9 Å². The average molecular weight is 324 g/mol. The van der Waals surface area contributed by atoms with Crippen LogP contribution >= 0.6 is 22.9 Å². The number of aryl methyl sites for hydroxylation is 1. The first kappa shape index (κ1) is 15.3. The standard InChI is InChI=1S/C12H18ClNO3S2/c1-9-8-11(18-12(9)13)19(16,17)14-6-3-2-4-10(14)5-7-15/h8,10,15H,2-7H2,1H3. The first-order chi connectivity index (χ1) is 8.96. The third-order valence-corrected chi connectivity index (χ3v) is 7.39. The third kappa shape index (κ3) is 3.13. The fourth-order valence-corrected chi connectivity index (χ4v) is 5.96. The maximum Gasteiger partial charge on any atom is 0.252 e. The predicted octanol–water partition coefficient (Wildman–Crippen LogP) is 2.64. The average Bonchev–Trinajstić information content (AvgIpc) is 2.71. The molecule has 2 rings (SSSR count). The van der Waals surface area contributed by atoms with Crippen LogP contribution in [0.2, 0.25) is 4.34 Å². The van der Waals surface area contributed by atoms with Crippen LogP contribution in [-0.4, -0.2) is 37.0 Å². The molecule has 0 aromatic carbocycles. The number of hydrogen-bond donors (Lipinski definition) is 1. The van der Waals surface area contributed by atoms with E-state index in [0.29, 0.717) is 21.5 Å². The Bertz CT molecular complexity index is 520. The molecule has 1 fully saturated rings. The zero-order chi connectivity index (χ0) is 14.0. The van der Waals surface area contributed by atoms with E-state index in [1.165, 1.54) is 4.31 Å². The highest BCUT2D eigenvalue weighted by Gasteiger charge is 2.34. The number of aliphatic hydroxyl groups excluding tert-OH is 1. The molecule has 1 atom stereocenters. The van der Waals surface area contributed by atoms with Crippen LogP contribution in [0, 0.1) is 6.92 Å². The van der Waals surface area contributed by atoms with E-state index in [2.05, 4.69) is 0 Å². The van der Waals surface area contributed by atoms with Gasteiger partial charge in [0, 0.05) is 19.2 Å². The lowest BCUT2D eigenvalue weighted by atomic mass is 10.0. The van der Waals surface area contributed by atoms with Gasteiger partial charge in [-0.2, -0.15) is 4.31 Å². The minimum absolute atomic E-state index is 0.0148. The van der Waals surface area contributed by atoms with Crippen LogP contribution in [0.4, 0.5) is 0 Å². The van der Waals surface area contributed by atoms with Crippen molar-refractivity contribution >= 4 is 33.0 Å². The zero-order valence-electron chi connectivity index (χ0n) is 10.8. The summed E-state index contributed by atoms with van der Waals surface area (Å²) in [6.45, 7) is 2.35. The summed E-state index contributed by atoms with van der Waals surface area (Å²) in [5.74, 6) is 0. The molecule has 19 heavy (non-hydrogen) atoms. The van der Waals surface area contributed by atoms with E-state index in [9.17, 15) is 8.42 Å². The Morgan fingerprint density at radius 3 is 2.84 bits per heavy atom. The van der Waals surface area contributed by atoms with Gasteiger partial charge in [0.2, 0.25) is 0 Å². The molecule has 1 aromatic heterocycles. The van der Waals surface area contributed by atoms with Gasteiger partial charge in [0.15, 0.2) is 0 Å². The second-order valence-corrected chi connectivity index (χ2v) is 8.57. The van der Waals surface area contributed by atoms with Gasteiger partial charge >= 0.3 is 0 Å². The Kier molecular flexibility index (Phi) is 4.89. The van der Waals surface area contributed by atoms with E-state index >= 15 is 0 Å². The van der Waals surface area contributed by atoms with Crippen molar-refractivity contribution < 1.29 is 13.5 Å². The summed E-state index contributed by atoms with van der Waals surface area (Å²) in [5, 5.41) is 9.08. The lowest BCUT2D eigenvalue weighted by Crippen LogP contribution is -2.43. The Hall–Kier alpha value is -0.140. The van der Waals surface area contributed by atoms with Gasteiger partial charge in [-0.15, -0.1) is 11.3 Å². The van der Waals surface area contributed by atoms with Crippen molar-refractivity contribution in [3.63, 3.8) is 0 Å². The maximum absolute atomic E-state index is 12.6. The quantitative estimate of drug-likeness (QED) is 0.926. The molecule has 1 saturated heterocycles. The van der Waals surface area contributed by atoms with E-state index in [1.54, 1.807) is 13.0 Å². The molecular weight excluding hydrogens is 306 g/mol. The fraction of sp³-hybridized carbons (Fsp3) is 0.667. The van der Waals surface area contributed by atoms with Gasteiger partial charge < -0.3 is 5.11 Å². The van der Waals surface area contributed by atoms with E-state index < -0.39 is 10.0 Å². The number of aliphatic hydroxyl groups is 1. The number of thiophene rings is 1. The number of rotatable bonds is 4. The van der Waals surface area contributed by atoms with Crippen molar-refractivity contribution in [3.05, 3.63) is 16.0 Å². The second kappa shape index (κ2) is 6.10. The van der Waals surface area contributed by atoms with Crippen LogP contribution in [0.5, 0.6) is 0 Å². The fourth-order valence-electron chi connectivity index (χ4n) is 2.40. The second-order valence-electron chi connectivity index (χ2n) is 4.80. The minimum Gasteiger partial charge on any atom is -0.396 e. The van der Waals surface area contributed by atoms with Gasteiger partial charge in [0.25, 0.3) is 10.0 Å². The minimum atomic E-state index is -3.48. The predicted molar refractivity (Wildman–Crippen MR) is 77.3 cm³/mol. The van der Waals surface area contributed by atoms with Gasteiger partial charge in [-0.25, -0.2) is 8.42 Å². The smallest absolute Gasteiger partial charge is 0.252 e. The Balaban J connectivity index is 2.31. The molecule has 1 aliphatic rings. The van der Waals surface area contributed by atoms with Gasteiger partial charge in [-0.1, -0.05) is 18.0 Å². The normalized spacial score (nSPS) is 21.7. The van der Waals surface area contributed by atoms with E-state index in [-0.39, 0.29) is 12.6 Å². The van der Waals surface area contributed by atoms with Gasteiger partial charge in [0.05, 0.1) is 4.34 Å². The molecule has 2 heterocycles. The third-order valence-electron chi connectivity index (χ3n) is 3.43. The summed E-state index contributed by atoms with van der Waals surface area (Å²) in [4.78, 5) is 0. The zero-order valence-corrected chi connectivity index (χ0v) is 13.2. The molecule has 1 unspecified atom stereocenters. The largest absolute Gasteiger partial charge is 0.396 e. The molecular formula is C12H18ClNO3S2. The highest BCUT2D eigenvalue weighted by Crippen LogP contribution is 2.34. The van der Waals surface area contributed by atoms with E-state index in [4.69, 9.17) is 16.7 Å². The molecule has 0 saturated carbocycles. The summed E-state index contributed by atoms with van der Waals surface area (Å²) in [6, 6.07) is 1.54. The van der Waals surface area contributed by atoms with Crippen molar-refractivity contribution in [3.8, 4) is 0 Å². The molecule has 1 N–H and O–H groups in total. The Morgan fingerprint density at radius 2 is 2.26 bits per heavy atom. The van der Waals surface area contributed by atoms with Crippen LogP contribution in [0.1, 0.15) is 31.2 Å². The summed E-state index contributed by atoms with van der Waals surface area (Å²) in [7, 11) is -3.48. The molecule has 0 radical (unpaired) electrons. The highest BCUT2D eigenvalue weighted by molar-refractivity contribution is 7.91. The van der Waals surface area contributed by atoms with Crippen LogP contribution in [0.15, 0.2) is 10.3 Å². The van der Waals surface area contributed by atoms with Crippen molar-refractivity contribution in [1.29, 1.82) is 0 Å². The lowest BCUT2D eigenvalue weighted by Gasteiger charge is -2.33. The molecule has 108 valence electrons. The van der Waals surface area contributed by atoms with Crippen LogP contribution in [0.3, 0.4) is 0 Å². The lowest BCUT2D eigenvalue weighted by molar-refractivity contribution is 0.193. The first-order valence-corrected chi connectivity index (χ1v) is 8.99. The molecule has 1 aliphatic heterocycles. The number of sulfonamides is 1. The number of halogens is 1. The van der Waals surface area contributed by atoms with Gasteiger partial charge in [0.1, 0.15) is 4.21 Å². The summed E-state index contributed by atoms with van der Waals surface area (Å²) in [6.07, 6.45) is 3.20. The first-order valence-electron chi connectivity index (χ1n) is 6.35. The number of piperidine rings is 1. The number of nitrogens with zero attached hydrogens (tertiary/aromatic N) is 1. The SMILES string of the molecule is Cc1cc(S(=O)(=O)N2CCCCC2CCO)sc1Cl.